The van der Waals surface area contributed by atoms with Crippen LogP contribution in [0.4, 0.5) is 5.69 Å². The monoisotopic (exact) mass is 510 g/mol. The van der Waals surface area contributed by atoms with E-state index in [0.717, 1.165) is 15.1 Å². The Labute approximate surface area is 210 Å². The molecule has 3 atom stereocenters. The minimum absolute atomic E-state index is 0.0397. The third kappa shape index (κ3) is 4.88. The van der Waals surface area contributed by atoms with Gasteiger partial charge < -0.3 is 20.5 Å². The Morgan fingerprint density at radius 3 is 2.56 bits per heavy atom. The summed E-state index contributed by atoms with van der Waals surface area (Å²) in [5.41, 5.74) is 6.96. The lowest BCUT2D eigenvalue weighted by atomic mass is 10.0. The molecule has 0 aromatic heterocycles. The summed E-state index contributed by atoms with van der Waals surface area (Å²) in [7, 11) is 1.49. The largest absolute Gasteiger partial charge is 0.496 e. The molecule has 3 aromatic rings. The molecule has 1 heterocycles. The number of carboxylic acid groups (broad SMARTS) is 1. The van der Waals surface area contributed by atoms with E-state index in [9.17, 15) is 23.5 Å². The standard InChI is InChI=1S/C25H26N4O6S/c1-35-22-14-18(13-17-4-2-3-5-19(17)22)29(36(33)34)20-10-11-28(24(20)30)21(25(31)32)12-15-6-8-16(9-7-15)23(26)27/h2-9,13-14,20-21H,10-12H2,1H3,(H3,26,27)(H,31,32)(H,33,34). The highest BCUT2D eigenvalue weighted by Gasteiger charge is 2.43. The number of nitrogens with one attached hydrogen (secondary N) is 1. The van der Waals surface area contributed by atoms with Crippen LogP contribution in [0.2, 0.25) is 0 Å². The van der Waals surface area contributed by atoms with Gasteiger partial charge in [-0.25, -0.2) is 9.00 Å². The highest BCUT2D eigenvalue weighted by molar-refractivity contribution is 7.80. The number of carbonyl (C=O) groups is 2. The first-order valence-corrected chi connectivity index (χ1v) is 12.2. The molecule has 36 heavy (non-hydrogen) atoms. The van der Waals surface area contributed by atoms with Crippen LogP contribution >= 0.6 is 0 Å². The predicted octanol–water partition coefficient (Wildman–Crippen LogP) is 2.37. The molecular formula is C25H26N4O6S. The summed E-state index contributed by atoms with van der Waals surface area (Å²) in [6.07, 6.45) is 0.214. The van der Waals surface area contributed by atoms with E-state index in [0.29, 0.717) is 22.6 Å². The molecule has 3 unspecified atom stereocenters. The first kappa shape index (κ1) is 25.1. The number of nitrogens with zero attached hydrogens (tertiary/aromatic N) is 2. The number of benzene rings is 3. The highest BCUT2D eigenvalue weighted by Crippen LogP contribution is 2.35. The number of ether oxygens (including phenoxy) is 1. The number of carbonyl (C=O) groups excluding carboxylic acids is 1. The van der Waals surface area contributed by atoms with Gasteiger partial charge in [0.15, 0.2) is 0 Å². The molecule has 188 valence electrons. The number of carboxylic acids is 1. The van der Waals surface area contributed by atoms with Gasteiger partial charge in [-0.15, -0.1) is 0 Å². The fourth-order valence-electron chi connectivity index (χ4n) is 4.52. The van der Waals surface area contributed by atoms with Gasteiger partial charge in [0.1, 0.15) is 23.7 Å². The second-order valence-corrected chi connectivity index (χ2v) is 9.29. The van der Waals surface area contributed by atoms with Crippen molar-refractivity contribution in [2.45, 2.75) is 24.9 Å². The normalized spacial score (nSPS) is 17.1. The Morgan fingerprint density at radius 2 is 1.94 bits per heavy atom. The van der Waals surface area contributed by atoms with Crippen LogP contribution in [0.15, 0.2) is 60.7 Å². The summed E-state index contributed by atoms with van der Waals surface area (Å²) >= 11 is -2.55. The summed E-state index contributed by atoms with van der Waals surface area (Å²) < 4.78 is 29.2. The van der Waals surface area contributed by atoms with E-state index in [2.05, 4.69) is 0 Å². The fourth-order valence-corrected chi connectivity index (χ4v) is 5.22. The molecule has 0 radical (unpaired) electrons. The second kappa shape index (κ2) is 10.3. The zero-order chi connectivity index (χ0) is 26.0. The number of aliphatic carboxylic acids is 1. The highest BCUT2D eigenvalue weighted by atomic mass is 32.2. The number of anilines is 1. The van der Waals surface area contributed by atoms with Crippen LogP contribution in [0.5, 0.6) is 5.75 Å². The van der Waals surface area contributed by atoms with E-state index in [-0.39, 0.29) is 25.2 Å². The minimum atomic E-state index is -2.55. The van der Waals surface area contributed by atoms with Crippen molar-refractivity contribution < 1.29 is 28.2 Å². The zero-order valence-electron chi connectivity index (χ0n) is 19.5. The quantitative estimate of drug-likeness (QED) is 0.195. The number of amidine groups is 1. The molecule has 0 bridgehead atoms. The van der Waals surface area contributed by atoms with E-state index < -0.39 is 35.2 Å². The Kier molecular flexibility index (Phi) is 7.22. The molecule has 5 N–H and O–H groups in total. The van der Waals surface area contributed by atoms with Crippen LogP contribution in [0.1, 0.15) is 17.5 Å². The fraction of sp³-hybridized carbons (Fsp3) is 0.240. The summed E-state index contributed by atoms with van der Waals surface area (Å²) in [6.45, 7) is 0.115. The Balaban J connectivity index is 1.62. The lowest BCUT2D eigenvalue weighted by molar-refractivity contribution is -0.148. The van der Waals surface area contributed by atoms with Crippen LogP contribution in [0.25, 0.3) is 10.8 Å². The van der Waals surface area contributed by atoms with Crippen molar-refractivity contribution in [2.75, 3.05) is 18.0 Å². The van der Waals surface area contributed by atoms with Crippen LogP contribution in [-0.4, -0.2) is 62.2 Å². The third-order valence-corrected chi connectivity index (χ3v) is 7.10. The molecule has 1 amide bonds. The van der Waals surface area contributed by atoms with E-state index in [4.69, 9.17) is 15.9 Å². The number of methoxy groups -OCH3 is 1. The Hall–Kier alpha value is -3.96. The molecule has 11 heteroatoms. The van der Waals surface area contributed by atoms with Gasteiger partial charge >= 0.3 is 5.97 Å². The van der Waals surface area contributed by atoms with Gasteiger partial charge in [0.25, 0.3) is 11.3 Å². The second-order valence-electron chi connectivity index (χ2n) is 8.43. The minimum Gasteiger partial charge on any atom is -0.496 e. The van der Waals surface area contributed by atoms with Gasteiger partial charge in [0, 0.05) is 30.0 Å². The first-order valence-electron chi connectivity index (χ1n) is 11.1. The van der Waals surface area contributed by atoms with Crippen LogP contribution < -0.4 is 14.8 Å². The molecule has 0 aliphatic carbocycles. The molecule has 3 aromatic carbocycles. The third-order valence-electron chi connectivity index (χ3n) is 6.30. The van der Waals surface area contributed by atoms with E-state index in [1.54, 1.807) is 36.4 Å². The van der Waals surface area contributed by atoms with Gasteiger partial charge in [0.2, 0.25) is 5.91 Å². The van der Waals surface area contributed by atoms with Crippen LogP contribution in [0, 0.1) is 5.41 Å². The number of amides is 1. The maximum Gasteiger partial charge on any atom is 0.326 e. The van der Waals surface area contributed by atoms with Crippen molar-refractivity contribution in [3.63, 3.8) is 0 Å². The van der Waals surface area contributed by atoms with Gasteiger partial charge in [0.05, 0.1) is 12.8 Å². The average molecular weight is 511 g/mol. The number of hydrogen-bond donors (Lipinski definition) is 4. The number of likely N-dealkylation sites (tertiary alicyclic amines) is 1. The van der Waals surface area contributed by atoms with Crippen molar-refractivity contribution >= 4 is 45.4 Å². The molecule has 0 spiro atoms. The lowest BCUT2D eigenvalue weighted by Crippen LogP contribution is -2.48. The number of rotatable bonds is 9. The van der Waals surface area contributed by atoms with Gasteiger partial charge in [-0.1, -0.05) is 48.5 Å². The van der Waals surface area contributed by atoms with Crippen LogP contribution in [0.3, 0.4) is 0 Å². The van der Waals surface area contributed by atoms with E-state index in [1.165, 1.54) is 12.0 Å². The van der Waals surface area contributed by atoms with E-state index >= 15 is 0 Å². The zero-order valence-corrected chi connectivity index (χ0v) is 20.3. The SMILES string of the molecule is COc1cc(N(C2CCN(C(Cc3ccc(C(=N)N)cc3)C(=O)O)C2=O)S(=O)O)cc2ccccc12. The predicted molar refractivity (Wildman–Crippen MR) is 136 cm³/mol. The number of nitrogen functional groups attached to an aromatic ring is 1. The molecule has 10 nitrogen and oxygen atoms in total. The summed E-state index contributed by atoms with van der Waals surface area (Å²) in [4.78, 5) is 26.8. The average Bonchev–Trinajstić information content (AvgIpc) is 3.22. The van der Waals surface area contributed by atoms with Crippen molar-refractivity contribution in [2.24, 2.45) is 5.73 Å². The number of nitrogens with two attached hydrogens (primary N) is 1. The van der Waals surface area contributed by atoms with Crippen molar-refractivity contribution in [3.05, 3.63) is 71.8 Å². The molecular weight excluding hydrogens is 484 g/mol. The summed E-state index contributed by atoms with van der Waals surface area (Å²) in [6, 6.07) is 15.1. The molecule has 1 saturated heterocycles. The summed E-state index contributed by atoms with van der Waals surface area (Å²) in [5.74, 6) is -1.34. The Morgan fingerprint density at radius 1 is 1.25 bits per heavy atom. The summed E-state index contributed by atoms with van der Waals surface area (Å²) in [5, 5.41) is 19.0. The number of fused-ring (bicyclic) bond motifs is 1. The van der Waals surface area contributed by atoms with Crippen molar-refractivity contribution in [1.82, 2.24) is 4.90 Å². The first-order chi connectivity index (χ1) is 17.2. The molecule has 1 fully saturated rings. The molecule has 1 aliphatic rings. The smallest absolute Gasteiger partial charge is 0.326 e. The van der Waals surface area contributed by atoms with Crippen molar-refractivity contribution in [3.8, 4) is 5.75 Å². The van der Waals surface area contributed by atoms with Crippen LogP contribution in [-0.2, 0) is 27.3 Å². The molecule has 0 saturated carbocycles. The maximum atomic E-state index is 13.4. The lowest BCUT2D eigenvalue weighted by Gasteiger charge is -2.28. The van der Waals surface area contributed by atoms with E-state index in [1.807, 2.05) is 24.3 Å². The topological polar surface area (TPSA) is 157 Å². The molecule has 4 rings (SSSR count). The maximum absolute atomic E-state index is 13.4. The van der Waals surface area contributed by atoms with Gasteiger partial charge in [-0.05, 0) is 23.4 Å². The van der Waals surface area contributed by atoms with Crippen molar-refractivity contribution in [1.29, 1.82) is 5.41 Å². The number of hydrogen-bond acceptors (Lipinski definition) is 5. The molecule has 1 aliphatic heterocycles. The Bertz CT molecular complexity index is 1350. The van der Waals surface area contributed by atoms with Gasteiger partial charge in [-0.3, -0.25) is 19.1 Å². The van der Waals surface area contributed by atoms with Gasteiger partial charge in [-0.2, -0.15) is 0 Å².